The average Bonchev–Trinajstić information content (AvgIpc) is 2.37. The van der Waals surface area contributed by atoms with E-state index in [1.807, 2.05) is 42.2 Å². The molecular weight excluding hydrogens is 224 g/mol. The van der Waals surface area contributed by atoms with E-state index < -0.39 is 0 Å². The number of amides is 1. The highest BCUT2D eigenvalue weighted by atomic mass is 16.2. The number of nitrogen functional groups attached to an aromatic ring is 1. The predicted molar refractivity (Wildman–Crippen MR) is 77.1 cm³/mol. The fraction of sp³-hybridized carbons (Fsp3) is 0.400. The van der Waals surface area contributed by atoms with Gasteiger partial charge in [-0.05, 0) is 37.1 Å². The lowest BCUT2D eigenvalue weighted by atomic mass is 10.2. The molecule has 3 nitrogen and oxygen atoms in total. The van der Waals surface area contributed by atoms with Gasteiger partial charge in [0.05, 0.1) is 0 Å². The third-order valence-electron chi connectivity index (χ3n) is 2.80. The van der Waals surface area contributed by atoms with Gasteiger partial charge in [0.15, 0.2) is 0 Å². The maximum absolute atomic E-state index is 11.9. The van der Waals surface area contributed by atoms with E-state index in [-0.39, 0.29) is 5.91 Å². The van der Waals surface area contributed by atoms with E-state index in [1.165, 1.54) is 0 Å². The minimum Gasteiger partial charge on any atom is -0.399 e. The summed E-state index contributed by atoms with van der Waals surface area (Å²) < 4.78 is 0. The van der Waals surface area contributed by atoms with E-state index in [1.54, 1.807) is 6.08 Å². The molecule has 0 saturated carbocycles. The minimum atomic E-state index is 0.0633. The van der Waals surface area contributed by atoms with Crippen LogP contribution in [0.5, 0.6) is 0 Å². The van der Waals surface area contributed by atoms with Gasteiger partial charge < -0.3 is 10.6 Å². The number of nitrogens with zero attached hydrogens (tertiary/aromatic N) is 1. The lowest BCUT2D eigenvalue weighted by molar-refractivity contribution is -0.125. The number of rotatable bonds is 6. The quantitative estimate of drug-likeness (QED) is 0.619. The Morgan fingerprint density at radius 3 is 2.78 bits per heavy atom. The second kappa shape index (κ2) is 7.54. The van der Waals surface area contributed by atoms with Crippen LogP contribution in [0.1, 0.15) is 32.3 Å². The Morgan fingerprint density at radius 1 is 1.39 bits per heavy atom. The monoisotopic (exact) mass is 246 g/mol. The molecule has 0 aliphatic carbocycles. The number of carbonyl (C=O) groups excluding carboxylic acids is 1. The van der Waals surface area contributed by atoms with Crippen LogP contribution < -0.4 is 5.73 Å². The highest BCUT2D eigenvalue weighted by Crippen LogP contribution is 2.08. The third kappa shape index (κ3) is 4.62. The largest absolute Gasteiger partial charge is 0.399 e. The fourth-order valence-corrected chi connectivity index (χ4v) is 1.71. The van der Waals surface area contributed by atoms with E-state index in [0.717, 1.165) is 31.5 Å². The number of hydrogen-bond donors (Lipinski definition) is 1. The van der Waals surface area contributed by atoms with Crippen molar-refractivity contribution in [2.45, 2.75) is 26.7 Å². The standard InChI is InChI=1S/C15H22N2O/c1-3-5-11-17(4-2)15(18)10-9-13-7-6-8-14(16)12-13/h6-10,12H,3-5,11,16H2,1-2H3/b10-9+. The van der Waals surface area contributed by atoms with Gasteiger partial charge in [0.1, 0.15) is 0 Å². The van der Waals surface area contributed by atoms with Crippen LogP contribution in [0.4, 0.5) is 5.69 Å². The van der Waals surface area contributed by atoms with E-state index >= 15 is 0 Å². The van der Waals surface area contributed by atoms with Gasteiger partial charge in [-0.3, -0.25) is 4.79 Å². The van der Waals surface area contributed by atoms with Crippen LogP contribution in [0, 0.1) is 0 Å². The van der Waals surface area contributed by atoms with Gasteiger partial charge in [-0.2, -0.15) is 0 Å². The Balaban J connectivity index is 2.62. The van der Waals surface area contributed by atoms with Crippen LogP contribution in [0.3, 0.4) is 0 Å². The van der Waals surface area contributed by atoms with Crippen LogP contribution in [-0.4, -0.2) is 23.9 Å². The Hall–Kier alpha value is -1.77. The first-order valence-electron chi connectivity index (χ1n) is 6.50. The van der Waals surface area contributed by atoms with Crippen molar-refractivity contribution >= 4 is 17.7 Å². The molecule has 18 heavy (non-hydrogen) atoms. The molecule has 2 N–H and O–H groups in total. The van der Waals surface area contributed by atoms with Crippen molar-refractivity contribution < 1.29 is 4.79 Å². The molecule has 0 radical (unpaired) electrons. The van der Waals surface area contributed by atoms with Crippen molar-refractivity contribution in [3.05, 3.63) is 35.9 Å². The maximum Gasteiger partial charge on any atom is 0.246 e. The van der Waals surface area contributed by atoms with Crippen molar-refractivity contribution in [3.63, 3.8) is 0 Å². The summed E-state index contributed by atoms with van der Waals surface area (Å²) in [7, 11) is 0. The van der Waals surface area contributed by atoms with Crippen LogP contribution in [0.15, 0.2) is 30.3 Å². The molecule has 1 amide bonds. The second-order valence-electron chi connectivity index (χ2n) is 4.27. The molecule has 1 aromatic rings. The lowest BCUT2D eigenvalue weighted by Crippen LogP contribution is -2.30. The second-order valence-corrected chi connectivity index (χ2v) is 4.27. The summed E-state index contributed by atoms with van der Waals surface area (Å²) in [6.45, 7) is 5.70. The highest BCUT2D eigenvalue weighted by Gasteiger charge is 2.06. The van der Waals surface area contributed by atoms with Crippen LogP contribution in [0.25, 0.3) is 6.08 Å². The molecule has 0 fully saturated rings. The number of unbranched alkanes of at least 4 members (excludes halogenated alkanes) is 1. The number of hydrogen-bond acceptors (Lipinski definition) is 2. The minimum absolute atomic E-state index is 0.0633. The van der Waals surface area contributed by atoms with E-state index in [4.69, 9.17) is 5.73 Å². The van der Waals surface area contributed by atoms with Crippen molar-refractivity contribution in [1.29, 1.82) is 0 Å². The summed E-state index contributed by atoms with van der Waals surface area (Å²) >= 11 is 0. The first-order chi connectivity index (χ1) is 8.67. The molecule has 98 valence electrons. The normalized spacial score (nSPS) is 10.8. The molecule has 0 unspecified atom stereocenters. The number of anilines is 1. The SMILES string of the molecule is CCCCN(CC)C(=O)/C=C/c1cccc(N)c1. The summed E-state index contributed by atoms with van der Waals surface area (Å²) in [5.41, 5.74) is 7.35. The Bertz CT molecular complexity index is 413. The van der Waals surface area contributed by atoms with Gasteiger partial charge in [-0.1, -0.05) is 25.5 Å². The van der Waals surface area contributed by atoms with E-state index in [9.17, 15) is 4.79 Å². The zero-order valence-electron chi connectivity index (χ0n) is 11.2. The van der Waals surface area contributed by atoms with Crippen LogP contribution in [0.2, 0.25) is 0 Å². The van der Waals surface area contributed by atoms with E-state index in [0.29, 0.717) is 5.69 Å². The van der Waals surface area contributed by atoms with Gasteiger partial charge in [-0.15, -0.1) is 0 Å². The lowest BCUT2D eigenvalue weighted by Gasteiger charge is -2.18. The summed E-state index contributed by atoms with van der Waals surface area (Å²) in [4.78, 5) is 13.8. The first kappa shape index (κ1) is 14.3. The molecule has 0 aliphatic rings. The molecule has 0 atom stereocenters. The first-order valence-corrected chi connectivity index (χ1v) is 6.50. The molecule has 0 saturated heterocycles. The highest BCUT2D eigenvalue weighted by molar-refractivity contribution is 5.91. The van der Waals surface area contributed by atoms with Gasteiger partial charge in [0.2, 0.25) is 5.91 Å². The molecule has 0 heterocycles. The molecule has 0 bridgehead atoms. The van der Waals surface area contributed by atoms with Gasteiger partial charge >= 0.3 is 0 Å². The Labute approximate surface area is 109 Å². The van der Waals surface area contributed by atoms with Gasteiger partial charge in [0.25, 0.3) is 0 Å². The molecule has 3 heteroatoms. The van der Waals surface area contributed by atoms with Crippen LogP contribution in [-0.2, 0) is 4.79 Å². The Kier molecular flexibility index (Phi) is 5.98. The van der Waals surface area contributed by atoms with Crippen molar-refractivity contribution in [2.75, 3.05) is 18.8 Å². The average molecular weight is 246 g/mol. The summed E-state index contributed by atoms with van der Waals surface area (Å²) in [6, 6.07) is 7.50. The van der Waals surface area contributed by atoms with Crippen molar-refractivity contribution in [2.24, 2.45) is 0 Å². The van der Waals surface area contributed by atoms with Crippen LogP contribution >= 0.6 is 0 Å². The zero-order chi connectivity index (χ0) is 13.4. The van der Waals surface area contributed by atoms with Gasteiger partial charge in [-0.25, -0.2) is 0 Å². The molecule has 0 spiro atoms. The Morgan fingerprint density at radius 2 is 2.17 bits per heavy atom. The summed E-state index contributed by atoms with van der Waals surface area (Å²) in [5.74, 6) is 0.0633. The fourth-order valence-electron chi connectivity index (χ4n) is 1.71. The zero-order valence-corrected chi connectivity index (χ0v) is 11.2. The number of nitrogens with two attached hydrogens (primary N) is 1. The molecule has 0 aliphatic heterocycles. The topological polar surface area (TPSA) is 46.3 Å². The number of carbonyl (C=O) groups is 1. The molecular formula is C15H22N2O. The van der Waals surface area contributed by atoms with Crippen molar-refractivity contribution in [3.8, 4) is 0 Å². The molecule has 1 rings (SSSR count). The molecule has 1 aromatic carbocycles. The van der Waals surface area contributed by atoms with E-state index in [2.05, 4.69) is 6.92 Å². The number of likely N-dealkylation sites (N-methyl/N-ethyl adjacent to an activating group) is 1. The summed E-state index contributed by atoms with van der Waals surface area (Å²) in [6.07, 6.45) is 5.58. The van der Waals surface area contributed by atoms with Gasteiger partial charge in [0, 0.05) is 24.9 Å². The third-order valence-corrected chi connectivity index (χ3v) is 2.80. The number of benzene rings is 1. The predicted octanol–water partition coefficient (Wildman–Crippen LogP) is 2.93. The smallest absolute Gasteiger partial charge is 0.246 e. The van der Waals surface area contributed by atoms with Crippen molar-refractivity contribution in [1.82, 2.24) is 4.90 Å². The summed E-state index contributed by atoms with van der Waals surface area (Å²) in [5, 5.41) is 0. The maximum atomic E-state index is 11.9. The molecule has 0 aromatic heterocycles.